The first-order valence-electron chi connectivity index (χ1n) is 4.66. The van der Waals surface area contributed by atoms with E-state index in [2.05, 4.69) is 35.1 Å². The summed E-state index contributed by atoms with van der Waals surface area (Å²) in [6, 6.07) is 0. The van der Waals surface area contributed by atoms with Crippen LogP contribution in [0.5, 0.6) is 0 Å². The smallest absolute Gasteiger partial charge is 0.154 e. The van der Waals surface area contributed by atoms with Crippen molar-refractivity contribution >= 4 is 8.24 Å². The second-order valence-corrected chi connectivity index (χ2v) is 8.84. The molecule has 1 rings (SSSR count). The zero-order valence-electron chi connectivity index (χ0n) is 8.87. The van der Waals surface area contributed by atoms with Crippen molar-refractivity contribution in [2.24, 2.45) is 0 Å². The second kappa shape index (κ2) is 4.06. The van der Waals surface area contributed by atoms with Crippen LogP contribution in [0.1, 0.15) is 12.7 Å². The van der Waals surface area contributed by atoms with Gasteiger partial charge in [-0.15, -0.1) is 0 Å². The molecule has 0 aliphatic rings. The number of hydrogen-bond donors (Lipinski definition) is 0. The minimum atomic E-state index is -1.30. The Balaban J connectivity index is 2.77. The maximum Gasteiger partial charge on any atom is 0.154 e. The molecule has 1 heterocycles. The lowest BCUT2D eigenvalue weighted by atomic mass is 10.7. The van der Waals surface area contributed by atoms with Gasteiger partial charge in [0, 0.05) is 19.0 Å². The fourth-order valence-corrected chi connectivity index (χ4v) is 2.66. The molecule has 74 valence electrons. The Kier molecular flexibility index (Phi) is 3.27. The summed E-state index contributed by atoms with van der Waals surface area (Å²) >= 11 is 0. The van der Waals surface area contributed by atoms with E-state index < -0.39 is 8.24 Å². The Morgan fingerprint density at radius 3 is 2.69 bits per heavy atom. The molecule has 0 atom stereocenters. The van der Waals surface area contributed by atoms with Gasteiger partial charge in [0.25, 0.3) is 0 Å². The lowest BCUT2D eigenvalue weighted by Gasteiger charge is -2.20. The third-order valence-electron chi connectivity index (χ3n) is 1.88. The van der Waals surface area contributed by atoms with Crippen molar-refractivity contribution < 1.29 is 4.74 Å². The Hall–Kier alpha value is -0.613. The summed E-state index contributed by atoms with van der Waals surface area (Å²) in [5, 5.41) is 0. The van der Waals surface area contributed by atoms with Gasteiger partial charge < -0.3 is 8.97 Å². The van der Waals surface area contributed by atoms with E-state index >= 15 is 0 Å². The normalized spacial score (nSPS) is 12.0. The van der Waals surface area contributed by atoms with E-state index in [4.69, 9.17) is 4.74 Å². The lowest BCUT2D eigenvalue weighted by Crippen LogP contribution is -2.33. The van der Waals surface area contributed by atoms with Crippen LogP contribution in [-0.2, 0) is 11.3 Å². The van der Waals surface area contributed by atoms with Crippen molar-refractivity contribution in [3.63, 3.8) is 0 Å². The standard InChI is InChI=1S/C9H18N2OSi/c1-5-12-8-9-10-6-7-11(9)13(2,3)4/h6-7H,5,8H2,1-4H3. The van der Waals surface area contributed by atoms with Gasteiger partial charge >= 0.3 is 0 Å². The summed E-state index contributed by atoms with van der Waals surface area (Å²) in [6.07, 6.45) is 3.91. The fraction of sp³-hybridized carbons (Fsp3) is 0.667. The average Bonchev–Trinajstić information content (AvgIpc) is 2.47. The van der Waals surface area contributed by atoms with E-state index in [0.29, 0.717) is 6.61 Å². The van der Waals surface area contributed by atoms with Crippen molar-refractivity contribution in [1.29, 1.82) is 0 Å². The van der Waals surface area contributed by atoms with Gasteiger partial charge in [-0.3, -0.25) is 0 Å². The molecule has 4 heteroatoms. The largest absolute Gasteiger partial charge is 0.374 e. The van der Waals surface area contributed by atoms with Crippen LogP contribution in [0.4, 0.5) is 0 Å². The molecule has 0 aromatic carbocycles. The number of imidazole rings is 1. The van der Waals surface area contributed by atoms with Crippen LogP contribution in [0, 0.1) is 0 Å². The molecule has 0 aliphatic heterocycles. The molecule has 0 radical (unpaired) electrons. The molecule has 0 unspecified atom stereocenters. The summed E-state index contributed by atoms with van der Waals surface area (Å²) in [4.78, 5) is 4.29. The van der Waals surface area contributed by atoms with Gasteiger partial charge in [0.05, 0.1) is 0 Å². The minimum absolute atomic E-state index is 0.633. The SMILES string of the molecule is CCOCc1nccn1[Si](C)(C)C. The van der Waals surface area contributed by atoms with Crippen LogP contribution in [0.15, 0.2) is 12.4 Å². The van der Waals surface area contributed by atoms with Crippen LogP contribution < -0.4 is 0 Å². The zero-order valence-corrected chi connectivity index (χ0v) is 9.87. The molecule has 0 saturated carbocycles. The molecule has 13 heavy (non-hydrogen) atoms. The van der Waals surface area contributed by atoms with Gasteiger partial charge in [-0.2, -0.15) is 0 Å². The molecule has 0 amide bonds. The molecule has 0 N–H and O–H groups in total. The Bertz CT molecular complexity index is 265. The number of rotatable bonds is 4. The fourth-order valence-electron chi connectivity index (χ4n) is 1.25. The summed E-state index contributed by atoms with van der Waals surface area (Å²) < 4.78 is 7.63. The van der Waals surface area contributed by atoms with Crippen molar-refractivity contribution in [2.75, 3.05) is 6.61 Å². The summed E-state index contributed by atoms with van der Waals surface area (Å²) in [5.41, 5.74) is 0. The second-order valence-electron chi connectivity index (χ2n) is 4.02. The van der Waals surface area contributed by atoms with Gasteiger partial charge in [0.2, 0.25) is 0 Å². The Morgan fingerprint density at radius 2 is 2.15 bits per heavy atom. The van der Waals surface area contributed by atoms with Gasteiger partial charge in [-0.25, -0.2) is 4.98 Å². The predicted octanol–water partition coefficient (Wildman–Crippen LogP) is 2.10. The number of hydrogen-bond acceptors (Lipinski definition) is 2. The van der Waals surface area contributed by atoms with E-state index in [0.717, 1.165) is 12.4 Å². The van der Waals surface area contributed by atoms with Crippen LogP contribution in [0.2, 0.25) is 19.6 Å². The average molecular weight is 198 g/mol. The van der Waals surface area contributed by atoms with Crippen LogP contribution in [-0.4, -0.2) is 24.1 Å². The molecule has 1 aromatic rings. The van der Waals surface area contributed by atoms with Crippen LogP contribution >= 0.6 is 0 Å². The molecular weight excluding hydrogens is 180 g/mol. The summed E-state index contributed by atoms with van der Waals surface area (Å²) in [5.74, 6) is 1.06. The topological polar surface area (TPSA) is 27.1 Å². The molecular formula is C9H18N2OSi. The van der Waals surface area contributed by atoms with Crippen LogP contribution in [0.3, 0.4) is 0 Å². The molecule has 0 saturated heterocycles. The van der Waals surface area contributed by atoms with Crippen molar-refractivity contribution in [2.45, 2.75) is 33.2 Å². The van der Waals surface area contributed by atoms with Gasteiger partial charge in [0.15, 0.2) is 8.24 Å². The van der Waals surface area contributed by atoms with Gasteiger partial charge in [0.1, 0.15) is 12.4 Å². The molecule has 0 spiro atoms. The van der Waals surface area contributed by atoms with Gasteiger partial charge in [-0.1, -0.05) is 19.6 Å². The maximum atomic E-state index is 5.35. The van der Waals surface area contributed by atoms with Crippen molar-refractivity contribution in [1.82, 2.24) is 9.22 Å². The van der Waals surface area contributed by atoms with Crippen LogP contribution in [0.25, 0.3) is 0 Å². The number of nitrogens with zero attached hydrogens (tertiary/aromatic N) is 2. The predicted molar refractivity (Wildman–Crippen MR) is 56.3 cm³/mol. The molecule has 3 nitrogen and oxygen atoms in total. The maximum absolute atomic E-state index is 5.35. The molecule has 0 aliphatic carbocycles. The third-order valence-corrected chi connectivity index (χ3v) is 3.73. The number of aromatic nitrogens is 2. The summed E-state index contributed by atoms with van der Waals surface area (Å²) in [6.45, 7) is 10.3. The Morgan fingerprint density at radius 1 is 1.46 bits per heavy atom. The van der Waals surface area contributed by atoms with E-state index in [-0.39, 0.29) is 0 Å². The highest BCUT2D eigenvalue weighted by Gasteiger charge is 2.18. The highest BCUT2D eigenvalue weighted by atomic mass is 28.3. The quantitative estimate of drug-likeness (QED) is 0.693. The van der Waals surface area contributed by atoms with Gasteiger partial charge in [-0.05, 0) is 6.92 Å². The van der Waals surface area contributed by atoms with E-state index in [9.17, 15) is 0 Å². The molecule has 1 aromatic heterocycles. The lowest BCUT2D eigenvalue weighted by molar-refractivity contribution is 0.128. The van der Waals surface area contributed by atoms with E-state index in [1.165, 1.54) is 0 Å². The summed E-state index contributed by atoms with van der Waals surface area (Å²) in [7, 11) is -1.30. The third kappa shape index (κ3) is 2.67. The Labute approximate surface area is 80.8 Å². The van der Waals surface area contributed by atoms with Crippen molar-refractivity contribution in [3.05, 3.63) is 18.2 Å². The highest BCUT2D eigenvalue weighted by Crippen LogP contribution is 2.10. The monoisotopic (exact) mass is 198 g/mol. The molecule has 0 fully saturated rings. The first kappa shape index (κ1) is 10.5. The first-order valence-corrected chi connectivity index (χ1v) is 8.11. The number of ether oxygens (including phenoxy) is 1. The van der Waals surface area contributed by atoms with E-state index in [1.54, 1.807) is 0 Å². The highest BCUT2D eigenvalue weighted by molar-refractivity contribution is 6.74. The first-order chi connectivity index (χ1) is 6.05. The minimum Gasteiger partial charge on any atom is -0.374 e. The zero-order chi connectivity index (χ0) is 9.90. The van der Waals surface area contributed by atoms with Crippen molar-refractivity contribution in [3.8, 4) is 0 Å². The molecule has 0 bridgehead atoms. The van der Waals surface area contributed by atoms with E-state index in [1.807, 2.05) is 13.1 Å².